The highest BCUT2D eigenvalue weighted by Crippen LogP contribution is 2.18. The third kappa shape index (κ3) is 6.12. The molecule has 3 aromatic rings. The van der Waals surface area contributed by atoms with Crippen molar-refractivity contribution in [2.24, 2.45) is 0 Å². The van der Waals surface area contributed by atoms with Crippen LogP contribution < -0.4 is 9.47 Å². The van der Waals surface area contributed by atoms with Gasteiger partial charge < -0.3 is 9.47 Å². The minimum absolute atomic E-state index is 0.0473. The van der Waals surface area contributed by atoms with Gasteiger partial charge in [0.15, 0.2) is 5.78 Å². The molecule has 0 aliphatic heterocycles. The van der Waals surface area contributed by atoms with Crippen molar-refractivity contribution in [3.8, 4) is 11.5 Å². The van der Waals surface area contributed by atoms with Gasteiger partial charge in [-0.1, -0.05) is 25.1 Å². The smallest absolute Gasteiger partial charge is 0.343 e. The van der Waals surface area contributed by atoms with E-state index in [4.69, 9.17) is 9.47 Å². The number of carbonyl (C=O) groups excluding carboxylic acids is 2. The average molecular weight is 431 g/mol. The van der Waals surface area contributed by atoms with Gasteiger partial charge in [0, 0.05) is 17.7 Å². The molecule has 7 heteroatoms. The summed E-state index contributed by atoms with van der Waals surface area (Å²) < 4.78 is 10.8. The minimum Gasteiger partial charge on any atom is -0.494 e. The van der Waals surface area contributed by atoms with E-state index in [1.807, 2.05) is 6.92 Å². The highest BCUT2D eigenvalue weighted by molar-refractivity contribution is 6.06. The number of hydrogen-bond donors (Lipinski definition) is 0. The molecule has 0 unspecified atom stereocenters. The standard InChI is InChI=1S/C25H21NO6/c1-2-16-31-22-11-9-20(10-12-22)25(28)32-23-13-7-19(8-14-23)24(27)15-6-18-4-3-5-21(17-18)26(29)30/h3-15,17H,2,16H2,1H3/b15-6+. The molecular formula is C25H21NO6. The van der Waals surface area contributed by atoms with Crippen LogP contribution in [0.4, 0.5) is 5.69 Å². The molecule has 0 saturated carbocycles. The van der Waals surface area contributed by atoms with Gasteiger partial charge in [-0.05, 0) is 66.6 Å². The SMILES string of the molecule is CCCOc1ccc(C(=O)Oc2ccc(C(=O)/C=C/c3cccc([N+](=O)[O-])c3)cc2)cc1. The van der Waals surface area contributed by atoms with Crippen molar-refractivity contribution in [3.63, 3.8) is 0 Å². The Labute approximate surface area is 185 Å². The van der Waals surface area contributed by atoms with E-state index in [0.29, 0.717) is 34.8 Å². The molecule has 0 radical (unpaired) electrons. The van der Waals surface area contributed by atoms with Crippen LogP contribution in [0.2, 0.25) is 0 Å². The Balaban J connectivity index is 1.60. The molecular weight excluding hydrogens is 410 g/mol. The van der Waals surface area contributed by atoms with E-state index in [1.54, 1.807) is 48.5 Å². The number of carbonyl (C=O) groups is 2. The van der Waals surface area contributed by atoms with Crippen LogP contribution in [-0.2, 0) is 0 Å². The van der Waals surface area contributed by atoms with Crippen molar-refractivity contribution < 1.29 is 24.0 Å². The minimum atomic E-state index is -0.517. The molecule has 0 atom stereocenters. The van der Waals surface area contributed by atoms with Crippen LogP contribution in [0.1, 0.15) is 39.6 Å². The van der Waals surface area contributed by atoms with Crippen molar-refractivity contribution in [3.05, 3.63) is 106 Å². The van der Waals surface area contributed by atoms with E-state index in [9.17, 15) is 19.7 Å². The fourth-order valence-corrected chi connectivity index (χ4v) is 2.77. The van der Waals surface area contributed by atoms with Crippen molar-refractivity contribution in [1.29, 1.82) is 0 Å². The number of nitro groups is 1. The van der Waals surface area contributed by atoms with Gasteiger partial charge in [0.25, 0.3) is 5.69 Å². The lowest BCUT2D eigenvalue weighted by Crippen LogP contribution is -2.08. The van der Waals surface area contributed by atoms with E-state index in [2.05, 4.69) is 0 Å². The van der Waals surface area contributed by atoms with Crippen LogP contribution in [0.3, 0.4) is 0 Å². The zero-order valence-corrected chi connectivity index (χ0v) is 17.4. The third-order valence-corrected chi connectivity index (χ3v) is 4.42. The van der Waals surface area contributed by atoms with E-state index >= 15 is 0 Å². The van der Waals surface area contributed by atoms with Gasteiger partial charge in [-0.15, -0.1) is 0 Å². The lowest BCUT2D eigenvalue weighted by atomic mass is 10.1. The van der Waals surface area contributed by atoms with Crippen LogP contribution >= 0.6 is 0 Å². The van der Waals surface area contributed by atoms with Gasteiger partial charge in [0.1, 0.15) is 11.5 Å². The first-order valence-corrected chi connectivity index (χ1v) is 9.98. The first-order chi connectivity index (χ1) is 15.5. The summed E-state index contributed by atoms with van der Waals surface area (Å²) in [5.74, 6) is 0.193. The molecule has 0 spiro atoms. The molecule has 0 N–H and O–H groups in total. The van der Waals surface area contributed by atoms with Crippen molar-refractivity contribution >= 4 is 23.5 Å². The zero-order chi connectivity index (χ0) is 22.9. The molecule has 32 heavy (non-hydrogen) atoms. The number of nitro benzene ring substituents is 1. The van der Waals surface area contributed by atoms with Gasteiger partial charge in [0.05, 0.1) is 17.1 Å². The van der Waals surface area contributed by atoms with E-state index in [1.165, 1.54) is 36.4 Å². The van der Waals surface area contributed by atoms with Gasteiger partial charge in [-0.25, -0.2) is 4.79 Å². The molecule has 0 bridgehead atoms. The highest BCUT2D eigenvalue weighted by atomic mass is 16.6. The molecule has 0 aliphatic carbocycles. The van der Waals surface area contributed by atoms with Gasteiger partial charge in [0.2, 0.25) is 0 Å². The quantitative estimate of drug-likeness (QED) is 0.111. The van der Waals surface area contributed by atoms with Crippen LogP contribution in [0.15, 0.2) is 78.9 Å². The first-order valence-electron chi connectivity index (χ1n) is 9.98. The second-order valence-corrected chi connectivity index (χ2v) is 6.84. The summed E-state index contributed by atoms with van der Waals surface area (Å²) in [5.41, 5.74) is 1.27. The second-order valence-electron chi connectivity index (χ2n) is 6.84. The maximum atomic E-state index is 12.4. The number of non-ortho nitro benzene ring substituents is 1. The number of ketones is 1. The van der Waals surface area contributed by atoms with Gasteiger partial charge >= 0.3 is 5.97 Å². The van der Waals surface area contributed by atoms with E-state index in [-0.39, 0.29) is 11.5 Å². The summed E-state index contributed by atoms with van der Waals surface area (Å²) in [6.45, 7) is 2.62. The first kappa shape index (κ1) is 22.4. The van der Waals surface area contributed by atoms with Gasteiger partial charge in [-0.3, -0.25) is 14.9 Å². The molecule has 162 valence electrons. The Kier molecular flexibility index (Phi) is 7.48. The summed E-state index contributed by atoms with van der Waals surface area (Å²) in [4.78, 5) is 35.0. The highest BCUT2D eigenvalue weighted by Gasteiger charge is 2.10. The summed E-state index contributed by atoms with van der Waals surface area (Å²) in [7, 11) is 0. The molecule has 0 aliphatic rings. The number of benzene rings is 3. The molecule has 0 amide bonds. The van der Waals surface area contributed by atoms with Crippen molar-refractivity contribution in [2.45, 2.75) is 13.3 Å². The number of allylic oxidation sites excluding steroid dienone is 1. The topological polar surface area (TPSA) is 95.7 Å². The normalized spacial score (nSPS) is 10.7. The number of esters is 1. The van der Waals surface area contributed by atoms with Gasteiger partial charge in [-0.2, -0.15) is 0 Å². The zero-order valence-electron chi connectivity index (χ0n) is 17.4. The lowest BCUT2D eigenvalue weighted by molar-refractivity contribution is -0.384. The molecule has 0 aromatic heterocycles. The monoisotopic (exact) mass is 431 g/mol. The Morgan fingerprint density at radius 2 is 1.59 bits per heavy atom. The molecule has 0 heterocycles. The number of ether oxygens (including phenoxy) is 2. The Morgan fingerprint density at radius 3 is 2.25 bits per heavy atom. The fourth-order valence-electron chi connectivity index (χ4n) is 2.77. The maximum Gasteiger partial charge on any atom is 0.343 e. The molecule has 0 fully saturated rings. The summed E-state index contributed by atoms with van der Waals surface area (Å²) >= 11 is 0. The third-order valence-electron chi connectivity index (χ3n) is 4.42. The fraction of sp³-hybridized carbons (Fsp3) is 0.120. The van der Waals surface area contributed by atoms with Crippen LogP contribution in [0, 0.1) is 10.1 Å². The van der Waals surface area contributed by atoms with E-state index in [0.717, 1.165) is 6.42 Å². The van der Waals surface area contributed by atoms with Crippen LogP contribution in [0.5, 0.6) is 11.5 Å². The number of hydrogen-bond acceptors (Lipinski definition) is 6. The largest absolute Gasteiger partial charge is 0.494 e. The Morgan fingerprint density at radius 1 is 0.938 bits per heavy atom. The van der Waals surface area contributed by atoms with E-state index < -0.39 is 10.9 Å². The molecule has 0 saturated heterocycles. The Hall–Kier alpha value is -4.26. The summed E-state index contributed by atoms with van der Waals surface area (Å²) in [6, 6.07) is 18.8. The maximum absolute atomic E-state index is 12.4. The number of rotatable bonds is 9. The lowest BCUT2D eigenvalue weighted by Gasteiger charge is -2.07. The predicted molar refractivity (Wildman–Crippen MR) is 120 cm³/mol. The van der Waals surface area contributed by atoms with Crippen LogP contribution in [0.25, 0.3) is 6.08 Å². The van der Waals surface area contributed by atoms with Crippen molar-refractivity contribution in [1.82, 2.24) is 0 Å². The second kappa shape index (κ2) is 10.7. The van der Waals surface area contributed by atoms with Crippen molar-refractivity contribution in [2.75, 3.05) is 6.61 Å². The molecule has 3 aromatic carbocycles. The average Bonchev–Trinajstić information content (AvgIpc) is 2.82. The van der Waals surface area contributed by atoms with Crippen LogP contribution in [-0.4, -0.2) is 23.3 Å². The Bertz CT molecular complexity index is 1130. The predicted octanol–water partition coefficient (Wildman–Crippen LogP) is 5.50. The molecule has 3 rings (SSSR count). The summed E-state index contributed by atoms with van der Waals surface area (Å²) in [6.07, 6.45) is 3.74. The molecule has 7 nitrogen and oxygen atoms in total. The summed E-state index contributed by atoms with van der Waals surface area (Å²) in [5, 5.41) is 10.8. The number of nitrogens with zero attached hydrogens (tertiary/aromatic N) is 1.